The Labute approximate surface area is 199 Å². The first-order valence-corrected chi connectivity index (χ1v) is 12.3. The van der Waals surface area contributed by atoms with E-state index in [2.05, 4.69) is 36.1 Å². The predicted octanol–water partition coefficient (Wildman–Crippen LogP) is 3.10. The van der Waals surface area contributed by atoms with Crippen molar-refractivity contribution < 1.29 is 22.4 Å². The van der Waals surface area contributed by atoms with Gasteiger partial charge in [0.2, 0.25) is 15.9 Å². The maximum absolute atomic E-state index is 12.6. The van der Waals surface area contributed by atoms with Gasteiger partial charge in [-0.25, -0.2) is 13.1 Å². The molecule has 0 radical (unpaired) electrons. The Morgan fingerprint density at radius 1 is 0.882 bits per heavy atom. The summed E-state index contributed by atoms with van der Waals surface area (Å²) in [6.45, 7) is 6.35. The molecule has 9 heteroatoms. The molecule has 0 aliphatic carbocycles. The van der Waals surface area contributed by atoms with Gasteiger partial charge >= 0.3 is 0 Å². The van der Waals surface area contributed by atoms with Crippen LogP contribution < -0.4 is 15.4 Å². The predicted molar refractivity (Wildman–Crippen MR) is 128 cm³/mol. The van der Waals surface area contributed by atoms with Crippen molar-refractivity contribution in [2.75, 3.05) is 6.54 Å². The molecule has 0 atom stereocenters. The number of nitrogens with one attached hydrogen (secondary N) is 3. The second-order valence-electron chi connectivity index (χ2n) is 8.83. The summed E-state index contributed by atoms with van der Waals surface area (Å²) in [5.41, 5.74) is 2.05. The lowest BCUT2D eigenvalue weighted by atomic mass is 9.87. The fourth-order valence-electron chi connectivity index (χ4n) is 3.09. The van der Waals surface area contributed by atoms with Crippen molar-refractivity contribution in [2.45, 2.75) is 44.2 Å². The van der Waals surface area contributed by atoms with Crippen LogP contribution in [0.5, 0.6) is 0 Å². The van der Waals surface area contributed by atoms with Gasteiger partial charge in [0, 0.05) is 12.1 Å². The number of carbonyl (C=O) groups is 2. The first kappa shape index (κ1) is 25.2. The zero-order valence-electron chi connectivity index (χ0n) is 19.4. The Hall–Kier alpha value is -3.43. The van der Waals surface area contributed by atoms with Crippen molar-refractivity contribution in [3.8, 4) is 0 Å². The monoisotopic (exact) mass is 483 g/mol. The first-order valence-electron chi connectivity index (χ1n) is 10.8. The van der Waals surface area contributed by atoms with Crippen molar-refractivity contribution in [3.63, 3.8) is 0 Å². The summed E-state index contributed by atoms with van der Waals surface area (Å²) in [5, 5.41) is 5.19. The molecule has 0 aliphatic rings. The summed E-state index contributed by atoms with van der Waals surface area (Å²) in [4.78, 5) is 24.3. The summed E-state index contributed by atoms with van der Waals surface area (Å²) in [6, 6.07) is 16.8. The fraction of sp³-hybridized carbons (Fsp3) is 0.280. The maximum atomic E-state index is 12.6. The summed E-state index contributed by atoms with van der Waals surface area (Å²) in [5.74, 6) is -0.127. The van der Waals surface area contributed by atoms with Crippen LogP contribution in [0.1, 0.15) is 48.0 Å². The van der Waals surface area contributed by atoms with Gasteiger partial charge in [0.05, 0.1) is 24.2 Å². The molecule has 8 nitrogen and oxygen atoms in total. The van der Waals surface area contributed by atoms with E-state index in [9.17, 15) is 18.0 Å². The molecule has 0 spiro atoms. The topological polar surface area (TPSA) is 118 Å². The molecule has 180 valence electrons. The van der Waals surface area contributed by atoms with Gasteiger partial charge < -0.3 is 15.1 Å². The van der Waals surface area contributed by atoms with E-state index < -0.39 is 15.9 Å². The van der Waals surface area contributed by atoms with E-state index in [0.29, 0.717) is 16.9 Å². The van der Waals surface area contributed by atoms with Crippen LogP contribution in [0.4, 0.5) is 0 Å². The van der Waals surface area contributed by atoms with E-state index in [0.717, 1.165) is 5.56 Å². The molecule has 3 rings (SSSR count). The number of hydrogen-bond donors (Lipinski definition) is 3. The minimum absolute atomic E-state index is 0.0620. The molecule has 2 amide bonds. The van der Waals surface area contributed by atoms with Gasteiger partial charge in [-0.15, -0.1) is 0 Å². The highest BCUT2D eigenvalue weighted by Crippen LogP contribution is 2.23. The molecule has 3 N–H and O–H groups in total. The summed E-state index contributed by atoms with van der Waals surface area (Å²) < 4.78 is 32.9. The Balaban J connectivity index is 1.49. The SMILES string of the molecule is CC(C)(C)c1ccc(S(=O)(=O)NCc2ccc(C(=O)NCC(=O)NCc3ccco3)cc2)cc1. The summed E-state index contributed by atoms with van der Waals surface area (Å²) >= 11 is 0. The maximum Gasteiger partial charge on any atom is 0.251 e. The summed E-state index contributed by atoms with van der Waals surface area (Å²) in [6.07, 6.45) is 1.52. The second-order valence-corrected chi connectivity index (χ2v) is 10.6. The Morgan fingerprint density at radius 2 is 1.56 bits per heavy atom. The average molecular weight is 484 g/mol. The molecule has 3 aromatic rings. The normalized spacial score (nSPS) is 11.7. The number of rotatable bonds is 9. The van der Waals surface area contributed by atoms with Crippen LogP contribution in [-0.4, -0.2) is 26.8 Å². The number of furan rings is 1. The van der Waals surface area contributed by atoms with E-state index in [-0.39, 0.29) is 35.9 Å². The number of amides is 2. The molecular weight excluding hydrogens is 454 g/mol. The average Bonchev–Trinajstić information content (AvgIpc) is 3.33. The van der Waals surface area contributed by atoms with Crippen molar-refractivity contribution in [1.29, 1.82) is 0 Å². The number of benzene rings is 2. The molecule has 0 aliphatic heterocycles. The minimum Gasteiger partial charge on any atom is -0.467 e. The smallest absolute Gasteiger partial charge is 0.251 e. The van der Waals surface area contributed by atoms with E-state index in [1.807, 2.05) is 12.1 Å². The molecule has 0 bridgehead atoms. The molecule has 34 heavy (non-hydrogen) atoms. The quantitative estimate of drug-likeness (QED) is 0.432. The highest BCUT2D eigenvalue weighted by molar-refractivity contribution is 7.89. The highest BCUT2D eigenvalue weighted by atomic mass is 32.2. The van der Waals surface area contributed by atoms with Crippen LogP contribution in [0.25, 0.3) is 0 Å². The number of carbonyl (C=O) groups excluding carboxylic acids is 2. The lowest BCUT2D eigenvalue weighted by Crippen LogP contribution is -2.36. The molecular formula is C25H29N3O5S. The zero-order chi connectivity index (χ0) is 24.8. The van der Waals surface area contributed by atoms with Gasteiger partial charge in [0.25, 0.3) is 5.91 Å². The molecule has 0 unspecified atom stereocenters. The van der Waals surface area contributed by atoms with Crippen LogP contribution in [0.15, 0.2) is 76.2 Å². The highest BCUT2D eigenvalue weighted by Gasteiger charge is 2.17. The van der Waals surface area contributed by atoms with Crippen LogP contribution in [-0.2, 0) is 33.3 Å². The van der Waals surface area contributed by atoms with E-state index in [1.54, 1.807) is 48.5 Å². The van der Waals surface area contributed by atoms with Gasteiger partial charge in [0.15, 0.2) is 0 Å². The minimum atomic E-state index is -3.67. The molecule has 1 heterocycles. The van der Waals surface area contributed by atoms with Crippen LogP contribution in [0.3, 0.4) is 0 Å². The van der Waals surface area contributed by atoms with Gasteiger partial charge in [-0.2, -0.15) is 0 Å². The van der Waals surface area contributed by atoms with Crippen molar-refractivity contribution >= 4 is 21.8 Å². The van der Waals surface area contributed by atoms with Crippen LogP contribution >= 0.6 is 0 Å². The van der Waals surface area contributed by atoms with E-state index >= 15 is 0 Å². The molecule has 2 aromatic carbocycles. The third kappa shape index (κ3) is 7.03. The lowest BCUT2D eigenvalue weighted by molar-refractivity contribution is -0.120. The van der Waals surface area contributed by atoms with Gasteiger partial charge in [-0.3, -0.25) is 9.59 Å². The summed E-state index contributed by atoms with van der Waals surface area (Å²) in [7, 11) is -3.67. The van der Waals surface area contributed by atoms with E-state index in [4.69, 9.17) is 4.42 Å². The van der Waals surface area contributed by atoms with Crippen molar-refractivity contribution in [3.05, 3.63) is 89.4 Å². The van der Waals surface area contributed by atoms with Gasteiger partial charge in [0.1, 0.15) is 5.76 Å². The number of hydrogen-bond acceptors (Lipinski definition) is 5. The molecule has 0 fully saturated rings. The molecule has 0 saturated carbocycles. The molecule has 0 saturated heterocycles. The lowest BCUT2D eigenvalue weighted by Gasteiger charge is -2.19. The van der Waals surface area contributed by atoms with Crippen molar-refractivity contribution in [1.82, 2.24) is 15.4 Å². The number of sulfonamides is 1. The largest absolute Gasteiger partial charge is 0.467 e. The van der Waals surface area contributed by atoms with Crippen LogP contribution in [0, 0.1) is 0 Å². The van der Waals surface area contributed by atoms with Crippen molar-refractivity contribution in [2.24, 2.45) is 0 Å². The Bertz CT molecular complexity index is 1210. The third-order valence-corrected chi connectivity index (χ3v) is 6.58. The Morgan fingerprint density at radius 3 is 2.15 bits per heavy atom. The third-order valence-electron chi connectivity index (χ3n) is 5.16. The Kier molecular flexibility index (Phi) is 7.90. The molecule has 1 aromatic heterocycles. The second kappa shape index (κ2) is 10.7. The fourth-order valence-corrected chi connectivity index (χ4v) is 4.11. The zero-order valence-corrected chi connectivity index (χ0v) is 20.2. The standard InChI is InChI=1S/C25H29N3O5S/c1-25(2,3)20-10-12-22(13-11-20)34(31,32)28-15-18-6-8-19(9-7-18)24(30)27-17-23(29)26-16-21-5-4-14-33-21/h4-14,28H,15-17H2,1-3H3,(H,26,29)(H,27,30). The van der Waals surface area contributed by atoms with Gasteiger partial charge in [-0.05, 0) is 52.9 Å². The van der Waals surface area contributed by atoms with E-state index in [1.165, 1.54) is 6.26 Å². The first-order chi connectivity index (χ1) is 16.0. The van der Waals surface area contributed by atoms with Gasteiger partial charge in [-0.1, -0.05) is 45.0 Å². The van der Waals surface area contributed by atoms with Crippen LogP contribution in [0.2, 0.25) is 0 Å².